The van der Waals surface area contributed by atoms with Gasteiger partial charge in [0, 0.05) is 30.1 Å². The Labute approximate surface area is 207 Å². The molecule has 1 saturated heterocycles. The van der Waals surface area contributed by atoms with E-state index in [1.807, 2.05) is 23.7 Å². The zero-order chi connectivity index (χ0) is 24.6. The molecular formula is C25H30N6O5. The van der Waals surface area contributed by atoms with E-state index < -0.39 is 6.04 Å². The number of ether oxygens (including phenoxy) is 3. The van der Waals surface area contributed by atoms with Gasteiger partial charge in [-0.3, -0.25) is 14.5 Å². The third kappa shape index (κ3) is 4.11. The van der Waals surface area contributed by atoms with Gasteiger partial charge in [-0.2, -0.15) is 0 Å². The van der Waals surface area contributed by atoms with E-state index in [9.17, 15) is 9.59 Å². The maximum Gasteiger partial charge on any atom is 0.309 e. The number of likely N-dealkylation sites (tertiary alicyclic amines) is 1. The van der Waals surface area contributed by atoms with Crippen LogP contribution in [0.4, 0.5) is 0 Å². The summed E-state index contributed by atoms with van der Waals surface area (Å²) in [6.45, 7) is 3.62. The van der Waals surface area contributed by atoms with Crippen molar-refractivity contribution in [3.05, 3.63) is 39.9 Å². The first-order valence-electron chi connectivity index (χ1n) is 12.8. The largest absolute Gasteiger partial charge is 0.466 e. The van der Waals surface area contributed by atoms with E-state index >= 15 is 0 Å². The SMILES string of the molecule is CCOC(=O)C1CCN([C@@H](c2cc3cc4c(cc3[nH]c2=O)OCO4)c2nnnn2C2CCCC2)CC1. The highest BCUT2D eigenvalue weighted by molar-refractivity contribution is 5.83. The van der Waals surface area contributed by atoms with Crippen molar-refractivity contribution >= 4 is 16.9 Å². The van der Waals surface area contributed by atoms with Gasteiger partial charge >= 0.3 is 5.97 Å². The minimum atomic E-state index is -0.442. The summed E-state index contributed by atoms with van der Waals surface area (Å²) in [7, 11) is 0. The number of H-pyrrole nitrogens is 1. The lowest BCUT2D eigenvalue weighted by molar-refractivity contribution is -0.149. The van der Waals surface area contributed by atoms with Gasteiger partial charge in [-0.1, -0.05) is 12.8 Å². The minimum Gasteiger partial charge on any atom is -0.466 e. The third-order valence-electron chi connectivity index (χ3n) is 7.61. The molecule has 11 nitrogen and oxygen atoms in total. The van der Waals surface area contributed by atoms with Gasteiger partial charge in [-0.05, 0) is 55.2 Å². The van der Waals surface area contributed by atoms with E-state index in [2.05, 4.69) is 25.4 Å². The Morgan fingerprint density at radius 3 is 2.64 bits per heavy atom. The molecule has 1 N–H and O–H groups in total. The van der Waals surface area contributed by atoms with Crippen LogP contribution in [0.2, 0.25) is 0 Å². The lowest BCUT2D eigenvalue weighted by atomic mass is 9.93. The molecule has 4 heterocycles. The van der Waals surface area contributed by atoms with Gasteiger partial charge in [0.2, 0.25) is 6.79 Å². The fraction of sp³-hybridized carbons (Fsp3) is 0.560. The molecule has 1 atom stereocenters. The average Bonchev–Trinajstić information content (AvgIpc) is 3.65. The van der Waals surface area contributed by atoms with Crippen LogP contribution < -0.4 is 15.0 Å². The minimum absolute atomic E-state index is 0.137. The number of aromatic amines is 1. The molecule has 3 aromatic rings. The standard InChI is InChI=1S/C25H30N6O5/c1-2-34-25(33)15-7-9-30(10-8-15)22(23-27-28-29-31(23)17-5-3-4-6-17)18-11-16-12-20-21(36-14-35-20)13-19(16)26-24(18)32/h11-13,15,17,22H,2-10,14H2,1H3,(H,26,32)/t22-/m0/s1. The van der Waals surface area contributed by atoms with Crippen LogP contribution in [0.5, 0.6) is 11.5 Å². The maximum atomic E-state index is 13.5. The molecule has 0 amide bonds. The number of tetrazole rings is 1. The topological polar surface area (TPSA) is 124 Å². The molecular weight excluding hydrogens is 464 g/mol. The van der Waals surface area contributed by atoms with Crippen molar-refractivity contribution in [2.75, 3.05) is 26.5 Å². The van der Waals surface area contributed by atoms with Crippen LogP contribution in [0.15, 0.2) is 23.0 Å². The number of carbonyl (C=O) groups excluding carboxylic acids is 1. The zero-order valence-corrected chi connectivity index (χ0v) is 20.3. The van der Waals surface area contributed by atoms with Gasteiger partial charge in [0.15, 0.2) is 17.3 Å². The Morgan fingerprint density at radius 1 is 1.14 bits per heavy atom. The quantitative estimate of drug-likeness (QED) is 0.515. The van der Waals surface area contributed by atoms with Crippen molar-refractivity contribution in [2.45, 2.75) is 57.5 Å². The number of aromatic nitrogens is 5. The van der Waals surface area contributed by atoms with E-state index in [1.54, 1.807) is 6.07 Å². The zero-order valence-electron chi connectivity index (χ0n) is 20.3. The van der Waals surface area contributed by atoms with Gasteiger partial charge < -0.3 is 19.2 Å². The smallest absolute Gasteiger partial charge is 0.309 e. The first-order chi connectivity index (χ1) is 17.6. The number of nitrogens with one attached hydrogen (secondary N) is 1. The molecule has 1 saturated carbocycles. The van der Waals surface area contributed by atoms with Crippen molar-refractivity contribution < 1.29 is 19.0 Å². The molecule has 6 rings (SSSR count). The summed E-state index contributed by atoms with van der Waals surface area (Å²) in [5, 5.41) is 13.7. The van der Waals surface area contributed by atoms with Gasteiger partial charge in [-0.15, -0.1) is 5.10 Å². The highest BCUT2D eigenvalue weighted by Crippen LogP contribution is 2.38. The number of benzene rings is 1. The van der Waals surface area contributed by atoms with Crippen LogP contribution in [0.1, 0.15) is 68.9 Å². The fourth-order valence-electron chi connectivity index (χ4n) is 5.76. The van der Waals surface area contributed by atoms with Crippen molar-refractivity contribution in [1.29, 1.82) is 0 Å². The predicted molar refractivity (Wildman–Crippen MR) is 129 cm³/mol. The summed E-state index contributed by atoms with van der Waals surface area (Å²) in [5.41, 5.74) is 1.06. The summed E-state index contributed by atoms with van der Waals surface area (Å²) in [4.78, 5) is 31.1. The molecule has 190 valence electrons. The van der Waals surface area contributed by atoms with Gasteiger partial charge in [0.25, 0.3) is 5.56 Å². The first-order valence-corrected chi connectivity index (χ1v) is 12.8. The molecule has 2 fully saturated rings. The monoisotopic (exact) mass is 494 g/mol. The van der Waals surface area contributed by atoms with Crippen molar-refractivity contribution in [2.24, 2.45) is 5.92 Å². The first kappa shape index (κ1) is 23.0. The Kier molecular flexibility index (Phi) is 6.08. The van der Waals surface area contributed by atoms with E-state index in [0.29, 0.717) is 60.9 Å². The van der Waals surface area contributed by atoms with Crippen LogP contribution in [0, 0.1) is 5.92 Å². The Hall–Kier alpha value is -3.47. The number of hydrogen-bond donors (Lipinski definition) is 1. The average molecular weight is 495 g/mol. The van der Waals surface area contributed by atoms with E-state index in [0.717, 1.165) is 31.1 Å². The molecule has 0 unspecified atom stereocenters. The van der Waals surface area contributed by atoms with Crippen molar-refractivity contribution in [1.82, 2.24) is 30.1 Å². The summed E-state index contributed by atoms with van der Waals surface area (Å²) in [6, 6.07) is 5.38. The number of rotatable bonds is 6. The predicted octanol–water partition coefficient (Wildman–Crippen LogP) is 2.72. The molecule has 0 spiro atoms. The lowest BCUT2D eigenvalue weighted by Crippen LogP contribution is -2.42. The van der Waals surface area contributed by atoms with Crippen molar-refractivity contribution in [3.8, 4) is 11.5 Å². The number of fused-ring (bicyclic) bond motifs is 2. The molecule has 0 bridgehead atoms. The Bertz CT molecular complexity index is 1320. The number of piperidine rings is 1. The highest BCUT2D eigenvalue weighted by Gasteiger charge is 2.36. The normalized spacial score (nSPS) is 19.7. The third-order valence-corrected chi connectivity index (χ3v) is 7.61. The molecule has 2 aromatic heterocycles. The van der Waals surface area contributed by atoms with Gasteiger partial charge in [0.1, 0.15) is 6.04 Å². The fourth-order valence-corrected chi connectivity index (χ4v) is 5.76. The number of hydrogen-bond acceptors (Lipinski definition) is 9. The Morgan fingerprint density at radius 2 is 1.89 bits per heavy atom. The molecule has 3 aliphatic rings. The van der Waals surface area contributed by atoms with E-state index in [1.165, 1.54) is 0 Å². The number of nitrogens with zero attached hydrogens (tertiary/aromatic N) is 5. The van der Waals surface area contributed by atoms with E-state index in [-0.39, 0.29) is 30.3 Å². The highest BCUT2D eigenvalue weighted by atomic mass is 16.7. The van der Waals surface area contributed by atoms with Gasteiger partial charge in [-0.25, -0.2) is 4.68 Å². The van der Waals surface area contributed by atoms with Crippen LogP contribution in [0.25, 0.3) is 10.9 Å². The molecule has 1 aromatic carbocycles. The Balaban J connectivity index is 1.40. The number of carbonyl (C=O) groups is 1. The second-order valence-electron chi connectivity index (χ2n) is 9.73. The molecule has 11 heteroatoms. The molecule has 2 aliphatic heterocycles. The van der Waals surface area contributed by atoms with Gasteiger partial charge in [0.05, 0.1) is 24.1 Å². The summed E-state index contributed by atoms with van der Waals surface area (Å²) in [5.74, 6) is 1.66. The molecule has 36 heavy (non-hydrogen) atoms. The number of pyridine rings is 1. The lowest BCUT2D eigenvalue weighted by Gasteiger charge is -2.36. The van der Waals surface area contributed by atoms with Crippen LogP contribution in [-0.2, 0) is 9.53 Å². The molecule has 1 aliphatic carbocycles. The molecule has 0 radical (unpaired) electrons. The second kappa shape index (κ2) is 9.53. The van der Waals surface area contributed by atoms with Crippen molar-refractivity contribution in [3.63, 3.8) is 0 Å². The van der Waals surface area contributed by atoms with Crippen LogP contribution in [0.3, 0.4) is 0 Å². The van der Waals surface area contributed by atoms with E-state index in [4.69, 9.17) is 14.2 Å². The summed E-state index contributed by atoms with van der Waals surface area (Å²) >= 11 is 0. The summed E-state index contributed by atoms with van der Waals surface area (Å²) < 4.78 is 18.2. The van der Waals surface area contributed by atoms with Crippen LogP contribution >= 0.6 is 0 Å². The summed E-state index contributed by atoms with van der Waals surface area (Å²) in [6.07, 6.45) is 5.64. The number of esters is 1. The van der Waals surface area contributed by atoms with Crippen LogP contribution in [-0.4, -0.2) is 62.5 Å². The second-order valence-corrected chi connectivity index (χ2v) is 9.73. The maximum absolute atomic E-state index is 13.5.